The molecule has 226 valence electrons. The normalized spacial score (nSPS) is 26.5. The number of aromatic nitrogens is 4. The number of ether oxygens (including phenoxy) is 4. The van der Waals surface area contributed by atoms with E-state index in [4.69, 9.17) is 31.5 Å². The fraction of sp³-hybridized carbons (Fsp3) is 0.458. The van der Waals surface area contributed by atoms with Crippen molar-refractivity contribution in [3.05, 3.63) is 41.4 Å². The number of carboxylic acids is 1. The van der Waals surface area contributed by atoms with Crippen molar-refractivity contribution in [2.75, 3.05) is 12.3 Å². The molecule has 0 amide bonds. The van der Waals surface area contributed by atoms with Crippen LogP contribution < -0.4 is 10.5 Å². The number of carboxylic acid groups (broad SMARTS) is 1. The Hall–Kier alpha value is -3.80. The number of esters is 1. The van der Waals surface area contributed by atoms with Crippen LogP contribution >= 0.6 is 11.6 Å². The van der Waals surface area contributed by atoms with E-state index in [2.05, 4.69) is 19.7 Å². The molecule has 2 fully saturated rings. The molecule has 6 atom stereocenters. The number of nitrogen functional groups attached to an aromatic ring is 1. The summed E-state index contributed by atoms with van der Waals surface area (Å²) < 4.78 is 74.2. The number of aliphatic carboxylic acids is 1. The van der Waals surface area contributed by atoms with Gasteiger partial charge in [-0.25, -0.2) is 19.0 Å². The maximum Gasteiger partial charge on any atom is 0.573 e. The molecule has 1 aliphatic carbocycles. The number of fused-ring (bicyclic) bond motifs is 2. The third-order valence-corrected chi connectivity index (χ3v) is 7.12. The third kappa shape index (κ3) is 5.05. The summed E-state index contributed by atoms with van der Waals surface area (Å²) in [7, 11) is 0. The lowest BCUT2D eigenvalue weighted by Gasteiger charge is -2.30. The first-order valence-electron chi connectivity index (χ1n) is 12.3. The van der Waals surface area contributed by atoms with Crippen LogP contribution in [0.25, 0.3) is 11.2 Å². The lowest BCUT2D eigenvalue weighted by Crippen LogP contribution is -2.53. The molecule has 4 N–H and O–H groups in total. The summed E-state index contributed by atoms with van der Waals surface area (Å²) >= 11 is 5.85. The van der Waals surface area contributed by atoms with E-state index in [-0.39, 0.29) is 35.3 Å². The van der Waals surface area contributed by atoms with Crippen molar-refractivity contribution in [3.63, 3.8) is 0 Å². The van der Waals surface area contributed by atoms with Gasteiger partial charge < -0.3 is 34.9 Å². The Morgan fingerprint density at radius 3 is 2.50 bits per heavy atom. The second-order valence-corrected chi connectivity index (χ2v) is 9.86. The van der Waals surface area contributed by atoms with Crippen LogP contribution in [0.2, 0.25) is 5.28 Å². The second kappa shape index (κ2) is 10.5. The number of halogens is 5. The molecule has 13 nitrogen and oxygen atoms in total. The van der Waals surface area contributed by atoms with E-state index >= 15 is 4.39 Å². The van der Waals surface area contributed by atoms with E-state index < -0.39 is 66.3 Å². The van der Waals surface area contributed by atoms with E-state index in [1.807, 2.05) is 0 Å². The topological polar surface area (TPSA) is 181 Å². The Labute approximate surface area is 238 Å². The zero-order chi connectivity index (χ0) is 30.6. The van der Waals surface area contributed by atoms with Gasteiger partial charge in [-0.2, -0.15) is 9.97 Å². The van der Waals surface area contributed by atoms with Gasteiger partial charge in [-0.1, -0.05) is 12.1 Å². The van der Waals surface area contributed by atoms with Crippen LogP contribution in [-0.4, -0.2) is 84.2 Å². The predicted molar refractivity (Wildman–Crippen MR) is 132 cm³/mol. The van der Waals surface area contributed by atoms with E-state index in [9.17, 15) is 33.0 Å². The van der Waals surface area contributed by atoms with Crippen LogP contribution in [0.15, 0.2) is 30.6 Å². The molecule has 1 saturated heterocycles. The van der Waals surface area contributed by atoms with Gasteiger partial charge in [0.05, 0.1) is 12.9 Å². The first-order valence-corrected chi connectivity index (χ1v) is 12.7. The minimum absolute atomic E-state index is 0.0144. The van der Waals surface area contributed by atoms with Gasteiger partial charge in [0.1, 0.15) is 23.5 Å². The van der Waals surface area contributed by atoms with Crippen LogP contribution in [0.5, 0.6) is 5.75 Å². The number of carbonyl (C=O) groups excluding carboxylic acids is 1. The SMILES string of the molecule is CCOC(=O)C(CCc1ccc(OC(F)(F)F)cc1)(OC1[C@H]2O[C@@H](n3cnc4c(N)nc(Cl)nc43)[C@@H](F)[C@@]12O)C(=O)O. The van der Waals surface area contributed by atoms with Gasteiger partial charge in [0, 0.05) is 6.42 Å². The van der Waals surface area contributed by atoms with Crippen LogP contribution in [-0.2, 0) is 30.2 Å². The quantitative estimate of drug-likeness (QED) is 0.131. The van der Waals surface area contributed by atoms with Gasteiger partial charge in [-0.05, 0) is 42.6 Å². The molecule has 0 bridgehead atoms. The molecule has 3 heterocycles. The Morgan fingerprint density at radius 2 is 1.93 bits per heavy atom. The largest absolute Gasteiger partial charge is 0.573 e. The molecule has 0 spiro atoms. The fourth-order valence-corrected chi connectivity index (χ4v) is 5.00. The number of benzene rings is 1. The number of nitrogens with zero attached hydrogens (tertiary/aromatic N) is 4. The van der Waals surface area contributed by atoms with Gasteiger partial charge >= 0.3 is 18.3 Å². The number of aryl methyl sites for hydroxylation is 1. The maximum absolute atomic E-state index is 15.7. The highest BCUT2D eigenvalue weighted by Gasteiger charge is 2.80. The molecule has 1 aromatic carbocycles. The van der Waals surface area contributed by atoms with Gasteiger partial charge in [0.15, 0.2) is 29.5 Å². The molecule has 2 aromatic heterocycles. The van der Waals surface area contributed by atoms with E-state index in [0.717, 1.165) is 23.0 Å². The number of imidazole rings is 1. The minimum Gasteiger partial charge on any atom is -0.479 e. The van der Waals surface area contributed by atoms with Crippen molar-refractivity contribution in [1.82, 2.24) is 19.5 Å². The summed E-state index contributed by atoms with van der Waals surface area (Å²) in [6.45, 7) is 1.19. The minimum atomic E-state index is -4.91. The number of nitrogens with two attached hydrogens (primary N) is 1. The molecule has 2 unspecified atom stereocenters. The number of anilines is 1. The van der Waals surface area contributed by atoms with E-state index in [0.29, 0.717) is 5.56 Å². The summed E-state index contributed by atoms with van der Waals surface area (Å²) in [6, 6.07) is 4.50. The lowest BCUT2D eigenvalue weighted by molar-refractivity contribution is -0.274. The maximum atomic E-state index is 15.7. The van der Waals surface area contributed by atoms with Crippen LogP contribution in [0.4, 0.5) is 23.4 Å². The molecule has 3 aromatic rings. The van der Waals surface area contributed by atoms with Crippen molar-refractivity contribution >= 4 is 40.5 Å². The molecule has 1 saturated carbocycles. The third-order valence-electron chi connectivity index (χ3n) is 6.95. The molecule has 42 heavy (non-hydrogen) atoms. The van der Waals surface area contributed by atoms with Crippen LogP contribution in [0.1, 0.15) is 25.1 Å². The van der Waals surface area contributed by atoms with Crippen molar-refractivity contribution in [3.8, 4) is 5.75 Å². The van der Waals surface area contributed by atoms with E-state index in [1.54, 1.807) is 0 Å². The number of aliphatic hydroxyl groups is 1. The molecule has 2 aliphatic rings. The van der Waals surface area contributed by atoms with Gasteiger partial charge in [0.25, 0.3) is 5.60 Å². The molecular formula is C24H22ClF4N5O8. The first-order chi connectivity index (χ1) is 19.7. The number of rotatable bonds is 10. The number of hydrogen-bond acceptors (Lipinski definition) is 11. The summed E-state index contributed by atoms with van der Waals surface area (Å²) in [5.74, 6) is -3.70. The summed E-state index contributed by atoms with van der Waals surface area (Å²) in [5.41, 5.74) is 1.12. The standard InChI is InChI=1S/C24H22ClF4N5O8/c1-2-39-20(37)22(19(35)36,8-7-10-3-5-11(6-4-10)41-24(27,28)29)42-15-14-23(15,38)13(26)18(40-14)34-9-31-12-16(30)32-21(25)33-17(12)34/h3-6,9,13-15,18,38H,2,7-8H2,1H3,(H,35,36)(H2,30,32,33)/t13-,14-,15?,18-,22?,23+/m1/s1. The Bertz CT molecular complexity index is 1530. The van der Waals surface area contributed by atoms with Crippen molar-refractivity contribution in [2.45, 2.75) is 61.9 Å². The number of hydrogen-bond donors (Lipinski definition) is 3. The van der Waals surface area contributed by atoms with Crippen LogP contribution in [0.3, 0.4) is 0 Å². The van der Waals surface area contributed by atoms with E-state index in [1.165, 1.54) is 19.1 Å². The average molecular weight is 620 g/mol. The van der Waals surface area contributed by atoms with Gasteiger partial charge in [-0.15, -0.1) is 13.2 Å². The van der Waals surface area contributed by atoms with Gasteiger partial charge in [0.2, 0.25) is 5.28 Å². The van der Waals surface area contributed by atoms with Crippen molar-refractivity contribution < 1.29 is 56.3 Å². The molecular weight excluding hydrogens is 598 g/mol. The highest BCUT2D eigenvalue weighted by Crippen LogP contribution is 2.58. The fourth-order valence-electron chi connectivity index (χ4n) is 4.83. The van der Waals surface area contributed by atoms with Crippen LogP contribution in [0, 0.1) is 0 Å². The summed E-state index contributed by atoms with van der Waals surface area (Å²) in [4.78, 5) is 37.1. The molecule has 5 rings (SSSR count). The smallest absolute Gasteiger partial charge is 0.479 e. The summed E-state index contributed by atoms with van der Waals surface area (Å²) in [6.07, 6.45) is -11.3. The zero-order valence-corrected chi connectivity index (χ0v) is 22.2. The number of carbonyl (C=O) groups is 2. The highest BCUT2D eigenvalue weighted by atomic mass is 35.5. The lowest BCUT2D eigenvalue weighted by atomic mass is 9.94. The molecule has 18 heteroatoms. The molecule has 1 aliphatic heterocycles. The highest BCUT2D eigenvalue weighted by molar-refractivity contribution is 6.28. The first kappa shape index (κ1) is 29.7. The second-order valence-electron chi connectivity index (χ2n) is 9.52. The zero-order valence-electron chi connectivity index (χ0n) is 21.4. The monoisotopic (exact) mass is 619 g/mol. The Balaban J connectivity index is 1.36. The van der Waals surface area contributed by atoms with Crippen molar-refractivity contribution in [1.29, 1.82) is 0 Å². The Kier molecular flexibility index (Phi) is 7.41. The summed E-state index contributed by atoms with van der Waals surface area (Å²) in [5, 5.41) is 21.0. The van der Waals surface area contributed by atoms with Crippen molar-refractivity contribution in [2.24, 2.45) is 0 Å². The van der Waals surface area contributed by atoms with Gasteiger partial charge in [-0.3, -0.25) is 4.57 Å². The Morgan fingerprint density at radius 1 is 1.24 bits per heavy atom. The molecule has 0 radical (unpaired) electrons. The average Bonchev–Trinajstić information content (AvgIpc) is 3.14. The predicted octanol–water partition coefficient (Wildman–Crippen LogP) is 2.35. The number of alkyl halides is 4.